The lowest BCUT2D eigenvalue weighted by molar-refractivity contribution is -0.383. The zero-order valence-corrected chi connectivity index (χ0v) is 15.4. The number of nitrogens with zero attached hydrogens (tertiary/aromatic N) is 3. The Hall–Kier alpha value is -3.55. The highest BCUT2D eigenvalue weighted by atomic mass is 16.6. The summed E-state index contributed by atoms with van der Waals surface area (Å²) >= 11 is 0. The van der Waals surface area contributed by atoms with Crippen LogP contribution in [0, 0.1) is 33.8 Å². The lowest BCUT2D eigenvalue weighted by Gasteiger charge is -2.18. The highest BCUT2D eigenvalue weighted by Gasteiger charge is 2.59. The van der Waals surface area contributed by atoms with E-state index in [4.69, 9.17) is 0 Å². The monoisotopic (exact) mass is 390 g/mol. The molecule has 0 radical (unpaired) electrons. The molecule has 1 aliphatic heterocycles. The van der Waals surface area contributed by atoms with E-state index in [0.717, 1.165) is 17.0 Å². The summed E-state index contributed by atoms with van der Waals surface area (Å²) in [6.45, 7) is 0.321. The van der Waals surface area contributed by atoms with Gasteiger partial charge in [0.2, 0.25) is 11.8 Å². The fourth-order valence-electron chi connectivity index (χ4n) is 4.80. The minimum atomic E-state index is -0.513. The minimum absolute atomic E-state index is 0.0979. The van der Waals surface area contributed by atoms with Gasteiger partial charge >= 0.3 is 0 Å². The van der Waals surface area contributed by atoms with Crippen LogP contribution in [0.3, 0.4) is 0 Å². The minimum Gasteiger partial charge on any atom is -0.374 e. The van der Waals surface area contributed by atoms with Gasteiger partial charge in [-0.1, -0.05) is 18.2 Å². The van der Waals surface area contributed by atoms with Crippen molar-refractivity contribution in [3.8, 4) is 0 Å². The zero-order valence-electron chi connectivity index (χ0n) is 15.4. The van der Waals surface area contributed by atoms with Crippen molar-refractivity contribution in [2.24, 2.45) is 23.7 Å². The van der Waals surface area contributed by atoms with E-state index in [2.05, 4.69) is 10.3 Å². The summed E-state index contributed by atoms with van der Waals surface area (Å²) in [5.74, 6) is -0.973. The van der Waals surface area contributed by atoms with Gasteiger partial charge in [-0.3, -0.25) is 24.7 Å². The van der Waals surface area contributed by atoms with E-state index in [1.54, 1.807) is 18.3 Å². The number of carbonyl (C=O) groups excluding carboxylic acids is 2. The second kappa shape index (κ2) is 6.51. The summed E-state index contributed by atoms with van der Waals surface area (Å²) < 4.78 is 0. The van der Waals surface area contributed by atoms with E-state index in [0.29, 0.717) is 12.2 Å². The Balaban J connectivity index is 1.43. The van der Waals surface area contributed by atoms with Crippen LogP contribution >= 0.6 is 0 Å². The summed E-state index contributed by atoms with van der Waals surface area (Å²) in [6, 6.07) is 9.87. The average molecular weight is 390 g/mol. The number of allylic oxidation sites excluding steroid dienone is 2. The molecule has 8 heteroatoms. The third kappa shape index (κ3) is 2.71. The van der Waals surface area contributed by atoms with Crippen LogP contribution in [0.5, 0.6) is 0 Å². The molecule has 1 aromatic carbocycles. The number of hydrogen-bond donors (Lipinski definition) is 1. The first-order chi connectivity index (χ1) is 14.0. The van der Waals surface area contributed by atoms with Crippen LogP contribution in [0.4, 0.5) is 17.1 Å². The SMILES string of the molecule is O=C1[C@@H]2[C@@H](C(=O)N1c1ccc(NCc3ccccn3)c([N+](=O)[O-])c1)[C@H]1C=C[C@H]2C1. The van der Waals surface area contributed by atoms with Gasteiger partial charge in [-0.15, -0.1) is 0 Å². The van der Waals surface area contributed by atoms with Crippen LogP contribution in [-0.4, -0.2) is 21.7 Å². The van der Waals surface area contributed by atoms with Gasteiger partial charge in [-0.25, -0.2) is 4.90 Å². The maximum Gasteiger partial charge on any atom is 0.294 e. The highest BCUT2D eigenvalue weighted by molar-refractivity contribution is 6.23. The summed E-state index contributed by atoms with van der Waals surface area (Å²) in [4.78, 5) is 42.3. The average Bonchev–Trinajstić information content (AvgIpc) is 3.41. The number of anilines is 2. The molecule has 2 bridgehead atoms. The van der Waals surface area contributed by atoms with Crippen molar-refractivity contribution in [2.75, 3.05) is 10.2 Å². The normalized spacial score (nSPS) is 26.8. The van der Waals surface area contributed by atoms with Crippen LogP contribution in [-0.2, 0) is 16.1 Å². The molecule has 1 N–H and O–H groups in total. The Bertz CT molecular complexity index is 1020. The summed E-state index contributed by atoms with van der Waals surface area (Å²) in [6.07, 6.45) is 6.54. The Morgan fingerprint density at radius 2 is 1.83 bits per heavy atom. The van der Waals surface area contributed by atoms with Crippen LogP contribution in [0.2, 0.25) is 0 Å². The summed E-state index contributed by atoms with van der Waals surface area (Å²) in [5.41, 5.74) is 1.12. The molecule has 0 spiro atoms. The first-order valence-corrected chi connectivity index (χ1v) is 9.53. The molecule has 146 valence electrons. The number of imide groups is 1. The van der Waals surface area contributed by atoms with E-state index in [1.165, 1.54) is 12.1 Å². The molecule has 3 aliphatic rings. The van der Waals surface area contributed by atoms with E-state index in [1.807, 2.05) is 24.3 Å². The van der Waals surface area contributed by atoms with Gasteiger partial charge in [-0.05, 0) is 42.5 Å². The molecule has 2 fully saturated rings. The van der Waals surface area contributed by atoms with Crippen LogP contribution in [0.1, 0.15) is 12.1 Å². The Morgan fingerprint density at radius 3 is 2.45 bits per heavy atom. The molecule has 8 nitrogen and oxygen atoms in total. The van der Waals surface area contributed by atoms with E-state index >= 15 is 0 Å². The fourth-order valence-corrected chi connectivity index (χ4v) is 4.80. The third-order valence-electron chi connectivity index (χ3n) is 6.09. The number of carbonyl (C=O) groups is 2. The Labute approximate surface area is 166 Å². The maximum absolute atomic E-state index is 12.9. The molecular formula is C21H18N4O4. The number of nitro groups is 1. The molecule has 2 amide bonds. The van der Waals surface area contributed by atoms with Crippen molar-refractivity contribution in [1.82, 2.24) is 4.98 Å². The number of fused-ring (bicyclic) bond motifs is 5. The predicted octanol–water partition coefficient (Wildman–Crippen LogP) is 2.91. The first-order valence-electron chi connectivity index (χ1n) is 9.53. The molecule has 29 heavy (non-hydrogen) atoms. The lowest BCUT2D eigenvalue weighted by atomic mass is 9.85. The van der Waals surface area contributed by atoms with Gasteiger partial charge in [0.05, 0.1) is 34.7 Å². The Kier molecular flexibility index (Phi) is 3.94. The quantitative estimate of drug-likeness (QED) is 0.364. The van der Waals surface area contributed by atoms with E-state index in [9.17, 15) is 19.7 Å². The van der Waals surface area contributed by atoms with Gasteiger partial charge in [0.1, 0.15) is 5.69 Å². The maximum atomic E-state index is 12.9. The molecular weight excluding hydrogens is 372 g/mol. The zero-order chi connectivity index (χ0) is 20.1. The van der Waals surface area contributed by atoms with Crippen molar-refractivity contribution < 1.29 is 14.5 Å². The van der Waals surface area contributed by atoms with Gasteiger partial charge in [0.25, 0.3) is 5.69 Å². The van der Waals surface area contributed by atoms with E-state index < -0.39 is 4.92 Å². The van der Waals surface area contributed by atoms with Crippen molar-refractivity contribution in [3.05, 3.63) is 70.6 Å². The van der Waals surface area contributed by atoms with Crippen LogP contribution in [0.25, 0.3) is 0 Å². The molecule has 2 heterocycles. The van der Waals surface area contributed by atoms with Crippen LogP contribution in [0.15, 0.2) is 54.7 Å². The number of aromatic nitrogens is 1. The number of hydrogen-bond acceptors (Lipinski definition) is 6. The molecule has 2 aromatic rings. The number of benzene rings is 1. The summed E-state index contributed by atoms with van der Waals surface area (Å²) in [7, 11) is 0. The van der Waals surface area contributed by atoms with Crippen molar-refractivity contribution >= 4 is 28.9 Å². The second-order valence-electron chi connectivity index (χ2n) is 7.64. The smallest absolute Gasteiger partial charge is 0.294 e. The number of nitro benzene ring substituents is 1. The standard InChI is InChI=1S/C21H18N4O4/c26-20-18-12-4-5-13(9-12)19(18)21(27)24(20)15-6-7-16(17(10-15)25(28)29)23-11-14-3-1-2-8-22-14/h1-8,10,12-13,18-19,23H,9,11H2/t12-,13-,18-,19-/m0/s1. The molecule has 1 saturated carbocycles. The summed E-state index contributed by atoms with van der Waals surface area (Å²) in [5, 5.41) is 14.6. The molecule has 1 saturated heterocycles. The number of nitrogens with one attached hydrogen (secondary N) is 1. The van der Waals surface area contributed by atoms with Gasteiger partial charge < -0.3 is 5.32 Å². The molecule has 4 atom stereocenters. The lowest BCUT2D eigenvalue weighted by Crippen LogP contribution is -2.32. The first kappa shape index (κ1) is 17.5. The third-order valence-corrected chi connectivity index (χ3v) is 6.09. The van der Waals surface area contributed by atoms with Crippen LogP contribution < -0.4 is 10.2 Å². The predicted molar refractivity (Wildman–Crippen MR) is 105 cm³/mol. The number of rotatable bonds is 5. The largest absolute Gasteiger partial charge is 0.374 e. The van der Waals surface area contributed by atoms with Crippen molar-refractivity contribution in [2.45, 2.75) is 13.0 Å². The molecule has 0 unspecified atom stereocenters. The van der Waals surface area contributed by atoms with E-state index in [-0.39, 0.29) is 46.9 Å². The topological polar surface area (TPSA) is 105 Å². The number of pyridine rings is 1. The van der Waals surface area contributed by atoms with Gasteiger partial charge in [-0.2, -0.15) is 0 Å². The van der Waals surface area contributed by atoms with Crippen molar-refractivity contribution in [3.63, 3.8) is 0 Å². The van der Waals surface area contributed by atoms with Crippen molar-refractivity contribution in [1.29, 1.82) is 0 Å². The second-order valence-corrected chi connectivity index (χ2v) is 7.64. The highest BCUT2D eigenvalue weighted by Crippen LogP contribution is 2.53. The molecule has 5 rings (SSSR count). The molecule has 2 aliphatic carbocycles. The van der Waals surface area contributed by atoms with Gasteiger partial charge in [0.15, 0.2) is 0 Å². The van der Waals surface area contributed by atoms with Gasteiger partial charge in [0, 0.05) is 12.3 Å². The molecule has 1 aromatic heterocycles. The number of amides is 2. The Morgan fingerprint density at radius 1 is 1.10 bits per heavy atom. The fraction of sp³-hybridized carbons (Fsp3) is 0.286.